The Bertz CT molecular complexity index is 569. The highest BCUT2D eigenvalue weighted by atomic mass is 79.9. The van der Waals surface area contributed by atoms with Crippen LogP contribution in [0.1, 0.15) is 5.56 Å². The molecule has 98 valence electrons. The Morgan fingerprint density at radius 2 is 1.89 bits per heavy atom. The molecular weight excluding hydrogens is 327 g/mol. The van der Waals surface area contributed by atoms with Crippen LogP contribution in [-0.4, -0.2) is 11.5 Å². The van der Waals surface area contributed by atoms with Crippen LogP contribution in [0.5, 0.6) is 0 Å². The van der Waals surface area contributed by atoms with Gasteiger partial charge in [-0.3, -0.25) is 4.79 Å². The Hall–Kier alpha value is -1.13. The Morgan fingerprint density at radius 1 is 1.16 bits per heavy atom. The van der Waals surface area contributed by atoms with Gasteiger partial charge in [-0.2, -0.15) is 0 Å². The molecule has 0 radical (unpaired) electrons. The van der Waals surface area contributed by atoms with Gasteiger partial charge in [0.15, 0.2) is 0 Å². The molecule has 0 aliphatic heterocycles. The normalized spacial score (nSPS) is 10.4. The molecule has 2 aromatic carbocycles. The molecule has 2 aromatic rings. The van der Waals surface area contributed by atoms with Crippen molar-refractivity contribution in [2.75, 3.05) is 5.75 Å². The van der Waals surface area contributed by atoms with Gasteiger partial charge in [0.2, 0.25) is 0 Å². The van der Waals surface area contributed by atoms with Crippen molar-refractivity contribution in [2.45, 2.75) is 11.3 Å². The number of benzene rings is 2. The van der Waals surface area contributed by atoms with E-state index < -0.39 is 0 Å². The summed E-state index contributed by atoms with van der Waals surface area (Å²) in [6.07, 6.45) is 0.412. The van der Waals surface area contributed by atoms with Crippen LogP contribution in [0.25, 0.3) is 0 Å². The number of hydrogen-bond donors (Lipinski definition) is 0. The van der Waals surface area contributed by atoms with Crippen LogP contribution in [0.2, 0.25) is 0 Å². The first-order chi connectivity index (χ1) is 9.13. The molecule has 0 N–H and O–H groups in total. The second-order valence-corrected chi connectivity index (χ2v) is 6.05. The van der Waals surface area contributed by atoms with Gasteiger partial charge < -0.3 is 0 Å². The van der Waals surface area contributed by atoms with Gasteiger partial charge in [-0.1, -0.05) is 34.1 Å². The average molecular weight is 339 g/mol. The molecule has 19 heavy (non-hydrogen) atoms. The van der Waals surface area contributed by atoms with E-state index in [1.54, 1.807) is 12.1 Å². The Morgan fingerprint density at radius 3 is 2.58 bits per heavy atom. The van der Waals surface area contributed by atoms with Crippen molar-refractivity contribution in [3.8, 4) is 0 Å². The maximum Gasteiger partial charge on any atom is 0.147 e. The summed E-state index contributed by atoms with van der Waals surface area (Å²) >= 11 is 4.72. The molecule has 0 aliphatic carbocycles. The van der Waals surface area contributed by atoms with Crippen LogP contribution < -0.4 is 0 Å². The minimum atomic E-state index is -0.273. The van der Waals surface area contributed by atoms with Gasteiger partial charge >= 0.3 is 0 Å². The van der Waals surface area contributed by atoms with Crippen molar-refractivity contribution in [3.63, 3.8) is 0 Å². The minimum Gasteiger partial charge on any atom is -0.298 e. The van der Waals surface area contributed by atoms with E-state index in [4.69, 9.17) is 0 Å². The second-order valence-electron chi connectivity index (χ2n) is 4.09. The molecule has 0 atom stereocenters. The monoisotopic (exact) mass is 338 g/mol. The molecule has 0 bridgehead atoms. The standard InChI is InChI=1S/C15H12BrFOS/c16-12-6-4-11(5-7-12)8-14(18)10-19-15-3-1-2-13(17)9-15/h1-7,9H,8,10H2. The van der Waals surface area contributed by atoms with Gasteiger partial charge in [0, 0.05) is 15.8 Å². The minimum absolute atomic E-state index is 0.136. The second kappa shape index (κ2) is 6.87. The van der Waals surface area contributed by atoms with Crippen molar-refractivity contribution in [1.82, 2.24) is 0 Å². The Labute approximate surface area is 124 Å². The molecule has 2 rings (SSSR count). The topological polar surface area (TPSA) is 17.1 Å². The third-order valence-corrected chi connectivity index (χ3v) is 4.09. The van der Waals surface area contributed by atoms with E-state index in [0.29, 0.717) is 12.2 Å². The molecule has 0 saturated carbocycles. The number of carbonyl (C=O) groups is 1. The van der Waals surface area contributed by atoms with E-state index in [2.05, 4.69) is 15.9 Å². The Kier molecular flexibility index (Phi) is 5.16. The van der Waals surface area contributed by atoms with Crippen LogP contribution in [0, 0.1) is 5.82 Å². The summed E-state index contributed by atoms with van der Waals surface area (Å²) in [4.78, 5) is 12.6. The summed E-state index contributed by atoms with van der Waals surface area (Å²) in [7, 11) is 0. The van der Waals surface area contributed by atoms with Crippen LogP contribution >= 0.6 is 27.7 Å². The molecule has 1 nitrogen and oxygen atoms in total. The molecule has 0 aromatic heterocycles. The van der Waals surface area contributed by atoms with Gasteiger partial charge in [0.05, 0.1) is 5.75 Å². The summed E-state index contributed by atoms with van der Waals surface area (Å²) < 4.78 is 14.0. The number of rotatable bonds is 5. The van der Waals surface area contributed by atoms with Crippen molar-refractivity contribution >= 4 is 33.5 Å². The van der Waals surface area contributed by atoms with E-state index in [-0.39, 0.29) is 11.6 Å². The predicted octanol–water partition coefficient (Wildman–Crippen LogP) is 4.49. The zero-order valence-electron chi connectivity index (χ0n) is 10.1. The van der Waals surface area contributed by atoms with Crippen molar-refractivity contribution in [1.29, 1.82) is 0 Å². The molecule has 0 saturated heterocycles. The maximum atomic E-state index is 13.0. The average Bonchev–Trinajstić information content (AvgIpc) is 2.39. The highest BCUT2D eigenvalue weighted by molar-refractivity contribution is 9.10. The number of hydrogen-bond acceptors (Lipinski definition) is 2. The van der Waals surface area contributed by atoms with Gasteiger partial charge in [0.1, 0.15) is 11.6 Å². The van der Waals surface area contributed by atoms with E-state index in [0.717, 1.165) is 14.9 Å². The van der Waals surface area contributed by atoms with Crippen molar-refractivity contribution in [2.24, 2.45) is 0 Å². The first-order valence-electron chi connectivity index (χ1n) is 5.78. The van der Waals surface area contributed by atoms with E-state index in [1.807, 2.05) is 24.3 Å². The third-order valence-electron chi connectivity index (χ3n) is 2.51. The van der Waals surface area contributed by atoms with Crippen molar-refractivity contribution < 1.29 is 9.18 Å². The Balaban J connectivity index is 1.86. The summed E-state index contributed by atoms with van der Waals surface area (Å²) in [6, 6.07) is 14.0. The van der Waals surface area contributed by atoms with E-state index in [1.165, 1.54) is 23.9 Å². The molecule has 4 heteroatoms. The first kappa shape index (κ1) is 14.3. The number of halogens is 2. The lowest BCUT2D eigenvalue weighted by Gasteiger charge is -2.02. The zero-order valence-corrected chi connectivity index (χ0v) is 12.5. The van der Waals surface area contributed by atoms with Crippen LogP contribution in [0.4, 0.5) is 4.39 Å². The number of thioether (sulfide) groups is 1. The van der Waals surface area contributed by atoms with Crippen LogP contribution in [-0.2, 0) is 11.2 Å². The molecule has 0 unspecified atom stereocenters. The molecule has 0 aliphatic rings. The summed E-state index contributed by atoms with van der Waals surface area (Å²) in [6.45, 7) is 0. The fraction of sp³-hybridized carbons (Fsp3) is 0.133. The summed E-state index contributed by atoms with van der Waals surface area (Å²) in [5.41, 5.74) is 0.994. The van der Waals surface area contributed by atoms with Gasteiger partial charge in [-0.05, 0) is 35.9 Å². The lowest BCUT2D eigenvalue weighted by Crippen LogP contribution is -2.05. The smallest absolute Gasteiger partial charge is 0.147 e. The lowest BCUT2D eigenvalue weighted by molar-refractivity contribution is -0.116. The van der Waals surface area contributed by atoms with E-state index >= 15 is 0 Å². The van der Waals surface area contributed by atoms with Crippen molar-refractivity contribution in [3.05, 3.63) is 64.4 Å². The molecular formula is C15H12BrFOS. The van der Waals surface area contributed by atoms with Crippen LogP contribution in [0.3, 0.4) is 0 Å². The SMILES string of the molecule is O=C(CSc1cccc(F)c1)Cc1ccc(Br)cc1. The summed E-state index contributed by atoms with van der Waals surface area (Å²) in [5, 5.41) is 0. The predicted molar refractivity (Wildman–Crippen MR) is 80.0 cm³/mol. The fourth-order valence-corrected chi connectivity index (χ4v) is 2.67. The highest BCUT2D eigenvalue weighted by Gasteiger charge is 2.05. The maximum absolute atomic E-state index is 13.0. The lowest BCUT2D eigenvalue weighted by atomic mass is 10.1. The highest BCUT2D eigenvalue weighted by Crippen LogP contribution is 2.19. The first-order valence-corrected chi connectivity index (χ1v) is 7.56. The van der Waals surface area contributed by atoms with E-state index in [9.17, 15) is 9.18 Å². The third kappa shape index (κ3) is 4.80. The summed E-state index contributed by atoms with van der Waals surface area (Å²) in [5.74, 6) is 0.224. The molecule has 0 spiro atoms. The fourth-order valence-electron chi connectivity index (χ4n) is 1.60. The van der Waals surface area contributed by atoms with Gasteiger partial charge in [-0.25, -0.2) is 4.39 Å². The zero-order chi connectivity index (χ0) is 13.7. The quantitative estimate of drug-likeness (QED) is 0.747. The largest absolute Gasteiger partial charge is 0.298 e. The number of carbonyl (C=O) groups excluding carboxylic acids is 1. The van der Waals surface area contributed by atoms with Crippen LogP contribution in [0.15, 0.2) is 57.9 Å². The molecule has 0 amide bonds. The number of ketones is 1. The number of Topliss-reactive ketones (excluding diaryl/α,β-unsaturated/α-hetero) is 1. The van der Waals surface area contributed by atoms with Gasteiger partial charge in [-0.15, -0.1) is 11.8 Å². The molecule has 0 fully saturated rings. The van der Waals surface area contributed by atoms with Gasteiger partial charge in [0.25, 0.3) is 0 Å². The molecule has 0 heterocycles.